The average molecular weight is 432 g/mol. The van der Waals surface area contributed by atoms with Crippen LogP contribution in [0.15, 0.2) is 35.1 Å². The summed E-state index contributed by atoms with van der Waals surface area (Å²) >= 11 is 6.20. The van der Waals surface area contributed by atoms with E-state index in [-0.39, 0.29) is 43.4 Å². The Bertz CT molecular complexity index is 725. The third-order valence-corrected chi connectivity index (χ3v) is 3.37. The fraction of sp³-hybridized carbons (Fsp3) is 0.312. The number of rotatable bonds is 7. The molecule has 0 aliphatic carbocycles. The summed E-state index contributed by atoms with van der Waals surface area (Å²) in [6.07, 6.45) is -2.65. The molecule has 0 aliphatic heterocycles. The second kappa shape index (κ2) is 10.2. The number of benzene rings is 1. The van der Waals surface area contributed by atoms with E-state index in [0.717, 1.165) is 4.57 Å². The molecule has 1 aromatic carbocycles. The molecule has 1 radical (unpaired) electrons. The summed E-state index contributed by atoms with van der Waals surface area (Å²) in [7, 11) is 1.56. The van der Waals surface area contributed by atoms with Gasteiger partial charge >= 0.3 is 0 Å². The molecule has 0 unspecified atom stereocenters. The van der Waals surface area contributed by atoms with Gasteiger partial charge in [0.1, 0.15) is 12.4 Å². The molecule has 1 aromatic heterocycles. The van der Waals surface area contributed by atoms with E-state index in [0.29, 0.717) is 24.5 Å². The van der Waals surface area contributed by atoms with Crippen molar-refractivity contribution < 1.29 is 51.0 Å². The Morgan fingerprint density at radius 1 is 1.29 bits per heavy atom. The molecule has 0 bridgehead atoms. The third-order valence-electron chi connectivity index (χ3n) is 3.05. The van der Waals surface area contributed by atoms with E-state index in [2.05, 4.69) is 6.07 Å². The third kappa shape index (κ3) is 5.62. The molecule has 0 atom stereocenters. The minimum atomic E-state index is -2.65. The monoisotopic (exact) mass is 431 g/mol. The molecule has 0 fully saturated rings. The first-order valence-corrected chi connectivity index (χ1v) is 7.22. The molecule has 0 aliphatic rings. The van der Waals surface area contributed by atoms with E-state index >= 15 is 0 Å². The fourth-order valence-electron chi connectivity index (χ4n) is 2.03. The Kier molecular flexibility index (Phi) is 9.05. The van der Waals surface area contributed by atoms with Gasteiger partial charge in [0.15, 0.2) is 5.56 Å². The zero-order valence-corrected chi connectivity index (χ0v) is 16.6. The Morgan fingerprint density at radius 2 is 2.04 bits per heavy atom. The number of hydrogen-bond acceptors (Lipinski definition) is 3. The Hall–Kier alpha value is -0.816. The number of nitrogens with zero attached hydrogens (tertiary/aromatic N) is 1. The van der Waals surface area contributed by atoms with Gasteiger partial charge in [0.25, 0.3) is 6.43 Å². The SMILES string of the molecule is COCCOc1ccc(-c2[c-]ccc(=O)n2CC(F)F)c(Cl)c1.[Y]. The van der Waals surface area contributed by atoms with Crippen LogP contribution in [0.2, 0.25) is 5.02 Å². The normalized spacial score (nSPS) is 10.5. The number of aromatic nitrogens is 1. The maximum atomic E-state index is 12.7. The van der Waals surface area contributed by atoms with Gasteiger partial charge in [-0.3, -0.25) is 4.79 Å². The molecule has 2 aromatic rings. The van der Waals surface area contributed by atoms with Crippen LogP contribution in [0.4, 0.5) is 8.78 Å². The Morgan fingerprint density at radius 3 is 2.67 bits per heavy atom. The maximum Gasteiger partial charge on any atom is 0.256 e. The molecule has 8 heteroatoms. The first-order chi connectivity index (χ1) is 11.0. The van der Waals surface area contributed by atoms with Crippen LogP contribution in [0.25, 0.3) is 11.3 Å². The molecular weight excluding hydrogens is 417 g/mol. The second-order valence-corrected chi connectivity index (χ2v) is 5.06. The van der Waals surface area contributed by atoms with Crippen molar-refractivity contribution in [3.8, 4) is 17.0 Å². The number of hydrogen-bond donors (Lipinski definition) is 0. The molecule has 0 saturated heterocycles. The van der Waals surface area contributed by atoms with Gasteiger partial charge < -0.3 is 14.0 Å². The van der Waals surface area contributed by atoms with E-state index < -0.39 is 18.5 Å². The van der Waals surface area contributed by atoms with Crippen molar-refractivity contribution in [2.45, 2.75) is 13.0 Å². The number of halogens is 3. The van der Waals surface area contributed by atoms with Gasteiger partial charge in [0, 0.05) is 39.8 Å². The molecule has 127 valence electrons. The minimum absolute atomic E-state index is 0. The number of ether oxygens (including phenoxy) is 2. The summed E-state index contributed by atoms with van der Waals surface area (Å²) in [5.41, 5.74) is 0.117. The minimum Gasteiger partial charge on any atom is -0.491 e. The van der Waals surface area contributed by atoms with E-state index in [4.69, 9.17) is 21.1 Å². The smallest absolute Gasteiger partial charge is 0.256 e. The summed E-state index contributed by atoms with van der Waals surface area (Å²) in [5.74, 6) is 0.523. The van der Waals surface area contributed by atoms with Crippen molar-refractivity contribution in [2.75, 3.05) is 20.3 Å². The van der Waals surface area contributed by atoms with Gasteiger partial charge in [0.05, 0.1) is 13.2 Å². The number of alkyl halides is 2. The standard InChI is InChI=1S/C16H15ClF2NO3.Y/c1-22-7-8-23-11-5-6-12(13(17)9-11)14-3-2-4-16(21)20(14)10-15(18)19;/h2,4-6,9,15H,7-8,10H2,1H3;/q-1;. The summed E-state index contributed by atoms with van der Waals surface area (Å²) in [6.45, 7) is 0.0768. The van der Waals surface area contributed by atoms with E-state index in [9.17, 15) is 13.6 Å². The predicted molar refractivity (Wildman–Crippen MR) is 83.4 cm³/mol. The maximum absolute atomic E-state index is 12.7. The van der Waals surface area contributed by atoms with Crippen LogP contribution in [0.5, 0.6) is 5.75 Å². The average Bonchev–Trinajstić information content (AvgIpc) is 2.50. The van der Waals surface area contributed by atoms with Crippen molar-refractivity contribution in [1.82, 2.24) is 4.57 Å². The fourth-order valence-corrected chi connectivity index (χ4v) is 2.29. The van der Waals surface area contributed by atoms with Crippen LogP contribution in [0.3, 0.4) is 0 Å². The van der Waals surface area contributed by atoms with Crippen LogP contribution in [-0.4, -0.2) is 31.3 Å². The molecule has 0 amide bonds. The first kappa shape index (κ1) is 21.2. The molecule has 0 spiro atoms. The van der Waals surface area contributed by atoms with E-state index in [1.807, 2.05) is 0 Å². The van der Waals surface area contributed by atoms with Crippen molar-refractivity contribution in [3.05, 3.63) is 51.8 Å². The first-order valence-electron chi connectivity index (χ1n) is 6.84. The zero-order valence-electron chi connectivity index (χ0n) is 13.0. The quantitative estimate of drug-likeness (QED) is 0.499. The number of pyridine rings is 1. The van der Waals surface area contributed by atoms with Gasteiger partial charge in [-0.2, -0.15) is 12.1 Å². The summed E-state index contributed by atoms with van der Waals surface area (Å²) in [6, 6.07) is 10.2. The largest absolute Gasteiger partial charge is 0.491 e. The topological polar surface area (TPSA) is 40.5 Å². The van der Waals surface area contributed by atoms with Crippen molar-refractivity contribution in [3.63, 3.8) is 0 Å². The van der Waals surface area contributed by atoms with Gasteiger partial charge in [-0.05, 0) is 17.2 Å². The van der Waals surface area contributed by atoms with Crippen LogP contribution in [0.1, 0.15) is 0 Å². The molecule has 4 nitrogen and oxygen atoms in total. The van der Waals surface area contributed by atoms with Gasteiger partial charge in [-0.15, -0.1) is 6.07 Å². The Balaban J connectivity index is 0.00000288. The van der Waals surface area contributed by atoms with E-state index in [1.165, 1.54) is 12.1 Å². The number of methoxy groups -OCH3 is 1. The van der Waals surface area contributed by atoms with Crippen molar-refractivity contribution in [2.24, 2.45) is 0 Å². The zero-order chi connectivity index (χ0) is 16.8. The van der Waals surface area contributed by atoms with Gasteiger partial charge in [-0.25, -0.2) is 8.78 Å². The molecule has 2 rings (SSSR count). The van der Waals surface area contributed by atoms with Gasteiger partial charge in [0.2, 0.25) is 0 Å². The predicted octanol–water partition coefficient (Wildman–Crippen LogP) is 3.26. The van der Waals surface area contributed by atoms with E-state index in [1.54, 1.807) is 25.3 Å². The second-order valence-electron chi connectivity index (χ2n) is 4.65. The molecule has 0 saturated carbocycles. The van der Waals surface area contributed by atoms with Crippen LogP contribution < -0.4 is 10.3 Å². The van der Waals surface area contributed by atoms with Crippen molar-refractivity contribution >= 4 is 11.6 Å². The van der Waals surface area contributed by atoms with Gasteiger partial charge in [-0.1, -0.05) is 28.9 Å². The summed E-state index contributed by atoms with van der Waals surface area (Å²) < 4.78 is 36.7. The molecule has 0 N–H and O–H groups in total. The molecule has 1 heterocycles. The summed E-state index contributed by atoms with van der Waals surface area (Å²) in [5, 5.41) is 0.282. The van der Waals surface area contributed by atoms with Crippen LogP contribution in [0, 0.1) is 6.07 Å². The molecular formula is C16H15ClF2NO3Y-. The van der Waals surface area contributed by atoms with Crippen LogP contribution >= 0.6 is 11.6 Å². The molecule has 24 heavy (non-hydrogen) atoms. The summed E-state index contributed by atoms with van der Waals surface area (Å²) in [4.78, 5) is 11.8. The van der Waals surface area contributed by atoms with Crippen molar-refractivity contribution in [1.29, 1.82) is 0 Å². The Labute approximate surface area is 168 Å². The van der Waals surface area contributed by atoms with Crippen LogP contribution in [-0.2, 0) is 44.0 Å².